The van der Waals surface area contributed by atoms with Gasteiger partial charge in [-0.15, -0.1) is 11.6 Å². The number of hydrogen-bond acceptors (Lipinski definition) is 0. The van der Waals surface area contributed by atoms with E-state index in [4.69, 9.17) is 11.6 Å². The predicted octanol–water partition coefficient (Wildman–Crippen LogP) is 3.44. The second-order valence-corrected chi connectivity index (χ2v) is 4.52. The second kappa shape index (κ2) is 3.61. The molecule has 1 fully saturated rings. The summed E-state index contributed by atoms with van der Waals surface area (Å²) in [6.07, 6.45) is 5.26. The molecule has 0 aliphatic heterocycles. The van der Waals surface area contributed by atoms with Crippen molar-refractivity contribution in [2.45, 2.75) is 44.9 Å². The largest absolute Gasteiger partial charge is 0.123 e. The molecule has 0 amide bonds. The van der Waals surface area contributed by atoms with Gasteiger partial charge < -0.3 is 0 Å². The zero-order valence-corrected chi connectivity index (χ0v) is 7.69. The number of hydrogen-bond donors (Lipinski definition) is 0. The van der Waals surface area contributed by atoms with Crippen molar-refractivity contribution in [2.75, 3.05) is 0 Å². The van der Waals surface area contributed by atoms with Crippen LogP contribution in [0, 0.1) is 11.8 Å². The topological polar surface area (TPSA) is 0 Å². The summed E-state index contributed by atoms with van der Waals surface area (Å²) in [6.45, 7) is 4.59. The molecular weight excluding hydrogens is 144 g/mol. The smallest absolute Gasteiger partial charge is 0.0338 e. The number of rotatable bonds is 2. The average molecular weight is 161 g/mol. The minimum Gasteiger partial charge on any atom is -0.123 e. The van der Waals surface area contributed by atoms with Gasteiger partial charge in [-0.05, 0) is 37.5 Å². The first-order valence-electron chi connectivity index (χ1n) is 4.32. The van der Waals surface area contributed by atoms with Crippen LogP contribution in [0.25, 0.3) is 0 Å². The van der Waals surface area contributed by atoms with Crippen molar-refractivity contribution < 1.29 is 0 Å². The molecule has 2 atom stereocenters. The zero-order valence-electron chi connectivity index (χ0n) is 6.94. The summed E-state index contributed by atoms with van der Waals surface area (Å²) in [4.78, 5) is 0. The maximum absolute atomic E-state index is 5.99. The molecule has 0 bridgehead atoms. The Morgan fingerprint density at radius 3 is 2.50 bits per heavy atom. The maximum Gasteiger partial charge on any atom is 0.0338 e. The van der Waals surface area contributed by atoms with E-state index in [9.17, 15) is 0 Å². The Morgan fingerprint density at radius 1 is 1.40 bits per heavy atom. The van der Waals surface area contributed by atoms with Crippen molar-refractivity contribution in [2.24, 2.45) is 11.8 Å². The fourth-order valence-electron chi connectivity index (χ4n) is 1.89. The average Bonchev–Trinajstić information content (AvgIpc) is 2.13. The third kappa shape index (κ3) is 2.49. The summed E-state index contributed by atoms with van der Waals surface area (Å²) in [5.41, 5.74) is 0. The van der Waals surface area contributed by atoms with Crippen LogP contribution in [0.5, 0.6) is 0 Å². The molecule has 0 N–H and O–H groups in total. The highest BCUT2D eigenvalue weighted by molar-refractivity contribution is 6.20. The van der Waals surface area contributed by atoms with Gasteiger partial charge in [0.15, 0.2) is 0 Å². The van der Waals surface area contributed by atoms with Gasteiger partial charge >= 0.3 is 0 Å². The van der Waals surface area contributed by atoms with E-state index in [1.54, 1.807) is 0 Å². The van der Waals surface area contributed by atoms with E-state index in [2.05, 4.69) is 13.8 Å². The van der Waals surface area contributed by atoms with Crippen molar-refractivity contribution in [3.05, 3.63) is 0 Å². The van der Waals surface area contributed by atoms with E-state index in [0.717, 1.165) is 11.8 Å². The van der Waals surface area contributed by atoms with Crippen molar-refractivity contribution in [3.8, 4) is 0 Å². The third-order valence-corrected chi connectivity index (χ3v) is 2.68. The summed E-state index contributed by atoms with van der Waals surface area (Å²) in [6, 6.07) is 0. The Hall–Kier alpha value is 0.290. The normalized spacial score (nSPS) is 33.6. The van der Waals surface area contributed by atoms with Gasteiger partial charge in [0.05, 0.1) is 0 Å². The van der Waals surface area contributed by atoms with Crippen LogP contribution < -0.4 is 0 Å². The molecule has 60 valence electrons. The van der Waals surface area contributed by atoms with Crippen molar-refractivity contribution in [1.82, 2.24) is 0 Å². The molecule has 0 aromatic rings. The fraction of sp³-hybridized carbons (Fsp3) is 1.00. The molecule has 1 aliphatic rings. The Morgan fingerprint density at radius 2 is 2.10 bits per heavy atom. The van der Waals surface area contributed by atoms with E-state index in [1.807, 2.05) is 0 Å². The lowest BCUT2D eigenvalue weighted by atomic mass is 9.96. The molecule has 10 heavy (non-hydrogen) atoms. The van der Waals surface area contributed by atoms with Gasteiger partial charge in [0.1, 0.15) is 0 Å². The molecule has 0 aromatic heterocycles. The summed E-state index contributed by atoms with van der Waals surface area (Å²) in [5, 5.41) is 0.490. The molecule has 0 saturated heterocycles. The van der Waals surface area contributed by atoms with Crippen molar-refractivity contribution in [3.63, 3.8) is 0 Å². The number of halogens is 1. The Bertz CT molecular complexity index is 98.9. The highest BCUT2D eigenvalue weighted by Gasteiger charge is 2.22. The van der Waals surface area contributed by atoms with Crippen LogP contribution in [-0.2, 0) is 0 Å². The van der Waals surface area contributed by atoms with Crippen LogP contribution in [0.1, 0.15) is 39.5 Å². The van der Waals surface area contributed by atoms with Gasteiger partial charge in [0, 0.05) is 5.38 Å². The second-order valence-electron chi connectivity index (χ2n) is 3.91. The highest BCUT2D eigenvalue weighted by atomic mass is 35.5. The highest BCUT2D eigenvalue weighted by Crippen LogP contribution is 2.33. The van der Waals surface area contributed by atoms with Crippen molar-refractivity contribution >= 4 is 11.6 Å². The minimum atomic E-state index is 0.490. The first-order chi connectivity index (χ1) is 4.68. The lowest BCUT2D eigenvalue weighted by Crippen LogP contribution is -2.00. The molecule has 1 heteroatoms. The third-order valence-electron chi connectivity index (χ3n) is 2.28. The van der Waals surface area contributed by atoms with E-state index < -0.39 is 0 Å². The lowest BCUT2D eigenvalue weighted by Gasteiger charge is -2.10. The molecule has 0 spiro atoms. The van der Waals surface area contributed by atoms with Gasteiger partial charge in [0.25, 0.3) is 0 Å². The molecule has 0 radical (unpaired) electrons. The quantitative estimate of drug-likeness (QED) is 0.543. The zero-order chi connectivity index (χ0) is 7.56. The van der Waals surface area contributed by atoms with Gasteiger partial charge in [-0.1, -0.05) is 13.8 Å². The Balaban J connectivity index is 2.18. The van der Waals surface area contributed by atoms with E-state index in [1.165, 1.54) is 25.7 Å². The van der Waals surface area contributed by atoms with Gasteiger partial charge in [-0.25, -0.2) is 0 Å². The molecular formula is C9H17Cl. The molecule has 1 saturated carbocycles. The first-order valence-corrected chi connectivity index (χ1v) is 4.76. The maximum atomic E-state index is 5.99. The van der Waals surface area contributed by atoms with Gasteiger partial charge in [0.2, 0.25) is 0 Å². The minimum absolute atomic E-state index is 0.490. The molecule has 0 heterocycles. The standard InChI is InChI=1S/C9H17Cl/c1-7(2)5-8-3-4-9(10)6-8/h7-9H,3-6H2,1-2H3. The summed E-state index contributed by atoms with van der Waals surface area (Å²) < 4.78 is 0. The van der Waals surface area contributed by atoms with Gasteiger partial charge in [-0.2, -0.15) is 0 Å². The molecule has 1 aliphatic carbocycles. The molecule has 0 nitrogen and oxygen atoms in total. The fourth-order valence-corrected chi connectivity index (χ4v) is 2.27. The van der Waals surface area contributed by atoms with Crippen LogP contribution in [0.15, 0.2) is 0 Å². The molecule has 0 aromatic carbocycles. The van der Waals surface area contributed by atoms with E-state index in [0.29, 0.717) is 5.38 Å². The summed E-state index contributed by atoms with van der Waals surface area (Å²) in [5.74, 6) is 1.79. The summed E-state index contributed by atoms with van der Waals surface area (Å²) in [7, 11) is 0. The van der Waals surface area contributed by atoms with Crippen LogP contribution in [0.4, 0.5) is 0 Å². The SMILES string of the molecule is CC(C)CC1CCC(Cl)C1. The number of alkyl halides is 1. The van der Waals surface area contributed by atoms with Crippen LogP contribution in [0.3, 0.4) is 0 Å². The first kappa shape index (κ1) is 8.39. The van der Waals surface area contributed by atoms with Crippen molar-refractivity contribution in [1.29, 1.82) is 0 Å². The van der Waals surface area contributed by atoms with Gasteiger partial charge in [-0.3, -0.25) is 0 Å². The van der Waals surface area contributed by atoms with E-state index >= 15 is 0 Å². The Labute approximate surface area is 69.0 Å². The van der Waals surface area contributed by atoms with Crippen LogP contribution in [0.2, 0.25) is 0 Å². The molecule has 1 rings (SSSR count). The summed E-state index contributed by atoms with van der Waals surface area (Å²) >= 11 is 5.99. The molecule has 2 unspecified atom stereocenters. The van der Waals surface area contributed by atoms with Crippen LogP contribution in [-0.4, -0.2) is 5.38 Å². The lowest BCUT2D eigenvalue weighted by molar-refractivity contribution is 0.420. The van der Waals surface area contributed by atoms with E-state index in [-0.39, 0.29) is 0 Å². The Kier molecular flexibility index (Phi) is 3.03. The van der Waals surface area contributed by atoms with Crippen LogP contribution >= 0.6 is 11.6 Å². The monoisotopic (exact) mass is 160 g/mol. The predicted molar refractivity (Wildman–Crippen MR) is 46.4 cm³/mol.